The van der Waals surface area contributed by atoms with Crippen molar-refractivity contribution in [2.24, 2.45) is 0 Å². The molecule has 0 radical (unpaired) electrons. The summed E-state index contributed by atoms with van der Waals surface area (Å²) < 4.78 is 19.0. The van der Waals surface area contributed by atoms with E-state index >= 15 is 0 Å². The van der Waals surface area contributed by atoms with Gasteiger partial charge >= 0.3 is 5.63 Å². The number of phenols is 1. The van der Waals surface area contributed by atoms with Crippen molar-refractivity contribution in [3.05, 3.63) is 94.1 Å². The van der Waals surface area contributed by atoms with Gasteiger partial charge in [0.2, 0.25) is 0 Å². The minimum Gasteiger partial charge on any atom is -0.507 e. The molecule has 0 amide bonds. The molecule has 3 aromatic carbocycles. The van der Waals surface area contributed by atoms with E-state index in [1.54, 1.807) is 18.2 Å². The third-order valence-electron chi connectivity index (χ3n) is 6.42. The van der Waals surface area contributed by atoms with E-state index in [1.165, 1.54) is 12.1 Å². The molecule has 1 fully saturated rings. The van der Waals surface area contributed by atoms with Crippen LogP contribution in [-0.2, 0) is 6.54 Å². The number of phenolic OH excluding ortho intramolecular Hbond substituents is 1. The Balaban J connectivity index is 1.42. The maximum atomic E-state index is 13.2. The normalized spacial score (nSPS) is 14.7. The minimum absolute atomic E-state index is 0.124. The van der Waals surface area contributed by atoms with Crippen LogP contribution in [0.3, 0.4) is 0 Å². The Labute approximate surface area is 191 Å². The average molecular weight is 445 g/mol. The van der Waals surface area contributed by atoms with Gasteiger partial charge in [-0.3, -0.25) is 4.90 Å². The Kier molecular flexibility index (Phi) is 5.60. The number of hydrogen-bond acceptors (Lipinski definition) is 5. The molecule has 1 saturated heterocycles. The smallest absolute Gasteiger partial charge is 0.344 e. The van der Waals surface area contributed by atoms with Gasteiger partial charge in [-0.25, -0.2) is 9.18 Å². The van der Waals surface area contributed by atoms with Crippen LogP contribution in [0.5, 0.6) is 5.75 Å². The molecule has 4 aromatic rings. The van der Waals surface area contributed by atoms with E-state index in [-0.39, 0.29) is 11.6 Å². The monoisotopic (exact) mass is 444 g/mol. The number of rotatable bonds is 4. The van der Waals surface area contributed by atoms with Gasteiger partial charge < -0.3 is 14.4 Å². The second-order valence-corrected chi connectivity index (χ2v) is 8.44. The lowest BCUT2D eigenvalue weighted by atomic mass is 9.98. The first-order valence-electron chi connectivity index (χ1n) is 11.1. The summed E-state index contributed by atoms with van der Waals surface area (Å²) in [5, 5.41) is 11.5. The fraction of sp³-hybridized carbons (Fsp3) is 0.222. The van der Waals surface area contributed by atoms with Crippen molar-refractivity contribution in [3.63, 3.8) is 0 Å². The molecule has 0 spiro atoms. The van der Waals surface area contributed by atoms with Gasteiger partial charge in [0.25, 0.3) is 0 Å². The van der Waals surface area contributed by atoms with Gasteiger partial charge in [-0.15, -0.1) is 0 Å². The van der Waals surface area contributed by atoms with Crippen molar-refractivity contribution in [2.45, 2.75) is 13.5 Å². The fourth-order valence-corrected chi connectivity index (χ4v) is 4.59. The fourth-order valence-electron chi connectivity index (χ4n) is 4.59. The largest absolute Gasteiger partial charge is 0.507 e. The van der Waals surface area contributed by atoms with Crippen LogP contribution in [0.2, 0.25) is 0 Å². The van der Waals surface area contributed by atoms with Gasteiger partial charge in [0, 0.05) is 43.8 Å². The number of benzene rings is 3. The summed E-state index contributed by atoms with van der Waals surface area (Å²) >= 11 is 0. The molecule has 0 bridgehead atoms. The molecular formula is C27H25FN2O3. The van der Waals surface area contributed by atoms with Crippen LogP contribution in [0.1, 0.15) is 11.1 Å². The van der Waals surface area contributed by atoms with Crippen LogP contribution in [0.4, 0.5) is 10.1 Å². The van der Waals surface area contributed by atoms with Crippen LogP contribution in [0.15, 0.2) is 75.9 Å². The van der Waals surface area contributed by atoms with Crippen molar-refractivity contribution in [2.75, 3.05) is 31.1 Å². The second kappa shape index (κ2) is 8.71. The lowest BCUT2D eigenvalue weighted by Crippen LogP contribution is -2.46. The molecule has 168 valence electrons. The zero-order valence-corrected chi connectivity index (χ0v) is 18.4. The summed E-state index contributed by atoms with van der Waals surface area (Å²) in [6.07, 6.45) is 0. The van der Waals surface area contributed by atoms with E-state index in [2.05, 4.69) is 9.80 Å². The number of nitrogens with zero attached hydrogens (tertiary/aromatic N) is 2. The number of halogens is 1. The van der Waals surface area contributed by atoms with E-state index in [9.17, 15) is 14.3 Å². The quantitative estimate of drug-likeness (QED) is 0.452. The number of anilines is 1. The first-order chi connectivity index (χ1) is 16.0. The molecule has 0 unspecified atom stereocenters. The zero-order chi connectivity index (χ0) is 22.9. The predicted molar refractivity (Wildman–Crippen MR) is 128 cm³/mol. The summed E-state index contributed by atoms with van der Waals surface area (Å²) in [5.41, 5.74) is 3.87. The highest BCUT2D eigenvalue weighted by Crippen LogP contribution is 2.33. The topological polar surface area (TPSA) is 56.9 Å². The van der Waals surface area contributed by atoms with Crippen LogP contribution < -0.4 is 10.5 Å². The standard InChI is InChI=1S/C27H25FN2O3/c1-18-22-11-12-24(31)23(26(22)33-27(32)25(18)19-5-3-2-4-6-19)17-29-13-15-30(16-14-29)21-9-7-20(28)8-10-21/h2-12,31H,13-17H2,1H3. The Bertz CT molecular complexity index is 1340. The van der Waals surface area contributed by atoms with Gasteiger partial charge in [-0.2, -0.15) is 0 Å². The summed E-state index contributed by atoms with van der Waals surface area (Å²) in [5.74, 6) is -0.116. The maximum absolute atomic E-state index is 13.2. The number of piperazine rings is 1. The molecule has 33 heavy (non-hydrogen) atoms. The van der Waals surface area contributed by atoms with Crippen molar-refractivity contribution >= 4 is 16.7 Å². The van der Waals surface area contributed by atoms with Crippen molar-refractivity contribution in [1.82, 2.24) is 4.90 Å². The second-order valence-electron chi connectivity index (χ2n) is 8.44. The zero-order valence-electron chi connectivity index (χ0n) is 18.4. The highest BCUT2D eigenvalue weighted by atomic mass is 19.1. The molecule has 5 rings (SSSR count). The van der Waals surface area contributed by atoms with E-state index < -0.39 is 5.63 Å². The Morgan fingerprint density at radius 3 is 2.33 bits per heavy atom. The Morgan fingerprint density at radius 1 is 0.939 bits per heavy atom. The van der Waals surface area contributed by atoms with Gasteiger partial charge in [-0.1, -0.05) is 30.3 Å². The Hall–Kier alpha value is -3.64. The summed E-state index contributed by atoms with van der Waals surface area (Å²) in [6.45, 7) is 5.53. The average Bonchev–Trinajstić information content (AvgIpc) is 2.83. The molecule has 1 aliphatic heterocycles. The lowest BCUT2D eigenvalue weighted by Gasteiger charge is -2.36. The van der Waals surface area contributed by atoms with Gasteiger partial charge in [-0.05, 0) is 54.4 Å². The van der Waals surface area contributed by atoms with E-state index in [0.717, 1.165) is 48.4 Å². The number of aromatic hydroxyl groups is 1. The lowest BCUT2D eigenvalue weighted by molar-refractivity contribution is 0.246. The molecule has 1 N–H and O–H groups in total. The number of aryl methyl sites for hydroxylation is 1. The van der Waals surface area contributed by atoms with Crippen LogP contribution in [0.25, 0.3) is 22.1 Å². The molecule has 2 heterocycles. The van der Waals surface area contributed by atoms with Gasteiger partial charge in [0.05, 0.1) is 11.1 Å². The molecule has 0 saturated carbocycles. The molecular weight excluding hydrogens is 419 g/mol. The maximum Gasteiger partial charge on any atom is 0.344 e. The number of fused-ring (bicyclic) bond motifs is 1. The van der Waals surface area contributed by atoms with Crippen molar-refractivity contribution in [3.8, 4) is 16.9 Å². The first-order valence-corrected chi connectivity index (χ1v) is 11.1. The first kappa shape index (κ1) is 21.2. The van der Waals surface area contributed by atoms with Gasteiger partial charge in [0.1, 0.15) is 17.1 Å². The summed E-state index contributed by atoms with van der Waals surface area (Å²) in [4.78, 5) is 17.4. The van der Waals surface area contributed by atoms with E-state index in [4.69, 9.17) is 4.42 Å². The Morgan fingerprint density at radius 2 is 1.64 bits per heavy atom. The minimum atomic E-state index is -0.404. The SMILES string of the molecule is Cc1c(-c2ccccc2)c(=O)oc2c(CN3CCN(c4ccc(F)cc4)CC3)c(O)ccc12. The third kappa shape index (κ3) is 4.10. The van der Waals surface area contributed by atoms with Gasteiger partial charge in [0.15, 0.2) is 0 Å². The van der Waals surface area contributed by atoms with Crippen LogP contribution >= 0.6 is 0 Å². The van der Waals surface area contributed by atoms with Crippen molar-refractivity contribution in [1.29, 1.82) is 0 Å². The predicted octanol–water partition coefficient (Wildman–Crippen LogP) is 4.94. The highest BCUT2D eigenvalue weighted by molar-refractivity contribution is 5.89. The molecule has 0 aliphatic carbocycles. The molecule has 1 aliphatic rings. The summed E-state index contributed by atoms with van der Waals surface area (Å²) in [6, 6.07) is 19.5. The van der Waals surface area contributed by atoms with E-state index in [1.807, 2.05) is 43.3 Å². The van der Waals surface area contributed by atoms with Crippen LogP contribution in [-0.4, -0.2) is 36.2 Å². The summed E-state index contributed by atoms with van der Waals surface area (Å²) in [7, 11) is 0. The van der Waals surface area contributed by atoms with Crippen LogP contribution in [0, 0.1) is 12.7 Å². The van der Waals surface area contributed by atoms with E-state index in [0.29, 0.717) is 23.3 Å². The molecule has 6 heteroatoms. The molecule has 0 atom stereocenters. The van der Waals surface area contributed by atoms with Crippen molar-refractivity contribution < 1.29 is 13.9 Å². The highest BCUT2D eigenvalue weighted by Gasteiger charge is 2.22. The molecule has 5 nitrogen and oxygen atoms in total. The third-order valence-corrected chi connectivity index (χ3v) is 6.42. The number of hydrogen-bond donors (Lipinski definition) is 1. The molecule has 1 aromatic heterocycles.